The Morgan fingerprint density at radius 3 is 2.40 bits per heavy atom. The van der Waals surface area contributed by atoms with E-state index in [4.69, 9.17) is 9.15 Å². The summed E-state index contributed by atoms with van der Waals surface area (Å²) < 4.78 is 13.3. The molecule has 4 saturated carbocycles. The molecule has 0 atom stereocenters. The van der Waals surface area contributed by atoms with Crippen molar-refractivity contribution in [3.8, 4) is 17.2 Å². The normalized spacial score (nSPS) is 29.3. The monoisotopic (exact) mass is 464 g/mol. The quantitative estimate of drug-likeness (QED) is 0.429. The van der Waals surface area contributed by atoms with E-state index in [2.05, 4.69) is 38.3 Å². The van der Waals surface area contributed by atoms with Gasteiger partial charge in [-0.15, -0.1) is 10.2 Å². The second-order valence-corrected chi connectivity index (χ2v) is 10.5. The fourth-order valence-electron chi connectivity index (χ4n) is 6.44. The Labute approximate surface area is 185 Å². The highest BCUT2D eigenvalue weighted by Gasteiger charge is 2.54. The molecular weight excluding hydrogens is 440 g/mol. The van der Waals surface area contributed by atoms with Crippen molar-refractivity contribution < 1.29 is 9.15 Å². The predicted molar refractivity (Wildman–Crippen MR) is 118 cm³/mol. The van der Waals surface area contributed by atoms with Gasteiger partial charge in [-0.2, -0.15) is 0 Å². The van der Waals surface area contributed by atoms with Gasteiger partial charge in [0.05, 0.1) is 0 Å². The molecule has 4 fully saturated rings. The summed E-state index contributed by atoms with van der Waals surface area (Å²) >= 11 is 3.48. The SMILES string of the molecule is Brc1cccc(OCc2cccc(-c3nnc(C45CC6CC(CC(C6)C4)C5)o3)c2)c1. The van der Waals surface area contributed by atoms with E-state index in [0.717, 1.165) is 45.0 Å². The van der Waals surface area contributed by atoms with Gasteiger partial charge < -0.3 is 9.15 Å². The third-order valence-corrected chi connectivity index (χ3v) is 7.79. The summed E-state index contributed by atoms with van der Waals surface area (Å²) in [6, 6.07) is 16.1. The summed E-state index contributed by atoms with van der Waals surface area (Å²) in [5.41, 5.74) is 2.19. The third-order valence-electron chi connectivity index (χ3n) is 7.29. The van der Waals surface area contributed by atoms with Gasteiger partial charge >= 0.3 is 0 Å². The number of benzene rings is 2. The molecule has 4 nitrogen and oxygen atoms in total. The second-order valence-electron chi connectivity index (χ2n) is 9.56. The highest BCUT2D eigenvalue weighted by molar-refractivity contribution is 9.10. The number of hydrogen-bond donors (Lipinski definition) is 0. The first-order valence-electron chi connectivity index (χ1n) is 11.0. The van der Waals surface area contributed by atoms with E-state index in [1.54, 1.807) is 0 Å². The lowest BCUT2D eigenvalue weighted by Gasteiger charge is -2.55. The van der Waals surface area contributed by atoms with Gasteiger partial charge in [0.1, 0.15) is 12.4 Å². The summed E-state index contributed by atoms with van der Waals surface area (Å²) in [4.78, 5) is 0. The van der Waals surface area contributed by atoms with Crippen LogP contribution in [0.5, 0.6) is 5.75 Å². The van der Waals surface area contributed by atoms with Gasteiger partial charge in [0.15, 0.2) is 0 Å². The Kier molecular flexibility index (Phi) is 4.48. The molecule has 0 unspecified atom stereocenters. The Morgan fingerprint density at radius 2 is 1.67 bits per heavy atom. The molecule has 4 bridgehead atoms. The molecule has 3 aromatic rings. The van der Waals surface area contributed by atoms with E-state index in [9.17, 15) is 0 Å². The predicted octanol–water partition coefficient (Wildman–Crippen LogP) is 6.55. The van der Waals surface area contributed by atoms with Crippen LogP contribution in [0.25, 0.3) is 11.5 Å². The number of rotatable bonds is 5. The molecule has 0 N–H and O–H groups in total. The van der Waals surface area contributed by atoms with Crippen LogP contribution in [0.15, 0.2) is 57.4 Å². The van der Waals surface area contributed by atoms with Crippen LogP contribution in [0, 0.1) is 17.8 Å². The fourth-order valence-corrected chi connectivity index (χ4v) is 6.82. The lowest BCUT2D eigenvalue weighted by atomic mass is 9.49. The molecule has 30 heavy (non-hydrogen) atoms. The average Bonchev–Trinajstić information content (AvgIpc) is 3.23. The molecule has 4 aliphatic carbocycles. The lowest BCUT2D eigenvalue weighted by molar-refractivity contribution is -0.0176. The van der Waals surface area contributed by atoms with E-state index >= 15 is 0 Å². The van der Waals surface area contributed by atoms with Crippen LogP contribution in [-0.2, 0) is 12.0 Å². The molecule has 0 saturated heterocycles. The van der Waals surface area contributed by atoms with E-state index in [-0.39, 0.29) is 5.41 Å². The van der Waals surface area contributed by atoms with Crippen molar-refractivity contribution in [2.75, 3.05) is 0 Å². The minimum absolute atomic E-state index is 0.140. The summed E-state index contributed by atoms with van der Waals surface area (Å²) in [5, 5.41) is 9.01. The van der Waals surface area contributed by atoms with Crippen LogP contribution in [0.4, 0.5) is 0 Å². The van der Waals surface area contributed by atoms with Crippen LogP contribution in [-0.4, -0.2) is 10.2 Å². The van der Waals surface area contributed by atoms with Crippen molar-refractivity contribution in [3.05, 3.63) is 64.5 Å². The van der Waals surface area contributed by atoms with Gasteiger partial charge in [-0.1, -0.05) is 34.1 Å². The largest absolute Gasteiger partial charge is 0.489 e. The maximum Gasteiger partial charge on any atom is 0.247 e. The highest BCUT2D eigenvalue weighted by Crippen LogP contribution is 2.60. The summed E-state index contributed by atoms with van der Waals surface area (Å²) in [6.45, 7) is 0.500. The van der Waals surface area contributed by atoms with Gasteiger partial charge in [-0.05, 0) is 92.2 Å². The van der Waals surface area contributed by atoms with Crippen molar-refractivity contribution in [1.29, 1.82) is 0 Å². The van der Waals surface area contributed by atoms with Gasteiger partial charge in [-0.3, -0.25) is 0 Å². The molecule has 154 valence electrons. The molecule has 0 radical (unpaired) electrons. The number of ether oxygens (including phenoxy) is 1. The molecule has 5 heteroatoms. The summed E-state index contributed by atoms with van der Waals surface area (Å²) in [5.74, 6) is 4.95. The molecular formula is C25H25BrN2O2. The van der Waals surface area contributed by atoms with Crippen molar-refractivity contribution in [1.82, 2.24) is 10.2 Å². The molecule has 0 spiro atoms. The Morgan fingerprint density at radius 1 is 0.933 bits per heavy atom. The van der Waals surface area contributed by atoms with Gasteiger partial charge in [0.25, 0.3) is 0 Å². The molecule has 4 aliphatic rings. The first-order valence-corrected chi connectivity index (χ1v) is 11.8. The fraction of sp³-hybridized carbons (Fsp3) is 0.440. The molecule has 1 aromatic heterocycles. The Bertz CT molecular complexity index is 1040. The third kappa shape index (κ3) is 3.37. The number of nitrogens with zero attached hydrogens (tertiary/aromatic N) is 2. The maximum absolute atomic E-state index is 6.32. The smallest absolute Gasteiger partial charge is 0.247 e. The molecule has 0 amide bonds. The van der Waals surface area contributed by atoms with Crippen LogP contribution >= 0.6 is 15.9 Å². The van der Waals surface area contributed by atoms with Crippen molar-refractivity contribution in [2.24, 2.45) is 17.8 Å². The van der Waals surface area contributed by atoms with Crippen molar-refractivity contribution in [3.63, 3.8) is 0 Å². The van der Waals surface area contributed by atoms with Gasteiger partial charge in [0.2, 0.25) is 11.8 Å². The lowest BCUT2D eigenvalue weighted by Crippen LogP contribution is -2.48. The zero-order valence-electron chi connectivity index (χ0n) is 16.9. The molecule has 0 aliphatic heterocycles. The van der Waals surface area contributed by atoms with E-state index in [1.165, 1.54) is 38.5 Å². The first-order chi connectivity index (χ1) is 14.6. The van der Waals surface area contributed by atoms with Crippen LogP contribution in [0.1, 0.15) is 50.0 Å². The maximum atomic E-state index is 6.32. The van der Waals surface area contributed by atoms with Gasteiger partial charge in [0, 0.05) is 15.5 Å². The highest BCUT2D eigenvalue weighted by atomic mass is 79.9. The minimum atomic E-state index is 0.140. The Balaban J connectivity index is 1.22. The van der Waals surface area contributed by atoms with E-state index in [0.29, 0.717) is 12.5 Å². The van der Waals surface area contributed by atoms with Crippen molar-refractivity contribution in [2.45, 2.75) is 50.5 Å². The topological polar surface area (TPSA) is 48.2 Å². The van der Waals surface area contributed by atoms with Crippen LogP contribution in [0.2, 0.25) is 0 Å². The standard InChI is InChI=1S/C25H25BrN2O2/c26-21-5-2-6-22(11-21)29-15-16-3-1-4-20(10-16)23-27-28-24(30-23)25-12-17-7-18(13-25)9-19(8-17)14-25/h1-6,10-11,17-19H,7-9,12-15H2. The molecule has 1 heterocycles. The zero-order valence-corrected chi connectivity index (χ0v) is 18.5. The zero-order chi connectivity index (χ0) is 20.1. The summed E-state index contributed by atoms with van der Waals surface area (Å²) in [7, 11) is 0. The van der Waals surface area contributed by atoms with E-state index < -0.39 is 0 Å². The van der Waals surface area contributed by atoms with Crippen molar-refractivity contribution >= 4 is 15.9 Å². The van der Waals surface area contributed by atoms with E-state index in [1.807, 2.05) is 36.4 Å². The summed E-state index contributed by atoms with van der Waals surface area (Å²) in [6.07, 6.45) is 7.96. The van der Waals surface area contributed by atoms with Crippen LogP contribution in [0.3, 0.4) is 0 Å². The number of halogens is 1. The van der Waals surface area contributed by atoms with Crippen LogP contribution < -0.4 is 4.74 Å². The molecule has 7 rings (SSSR count). The second kappa shape index (κ2) is 7.23. The van der Waals surface area contributed by atoms with Gasteiger partial charge in [-0.25, -0.2) is 0 Å². The number of aromatic nitrogens is 2. The Hall–Kier alpha value is -2.14. The first kappa shape index (κ1) is 18.6. The average molecular weight is 465 g/mol. The number of hydrogen-bond acceptors (Lipinski definition) is 4. The minimum Gasteiger partial charge on any atom is -0.489 e. The molecule has 2 aromatic carbocycles.